The average Bonchev–Trinajstić information content (AvgIpc) is 2.91. The Hall–Kier alpha value is -2.51. The molecule has 0 aromatic carbocycles. The third-order valence-corrected chi connectivity index (χ3v) is 7.62. The van der Waals surface area contributed by atoms with Crippen LogP contribution >= 0.6 is 11.6 Å². The standard InChI is InChI=1S/C27H36ClFN6O2/c1-18(15-36-2)34-19-3-5-20(6-4-19)35-25-12-22(24(29)14-31-25)23-11-21(13-32-26(23)28)33-17-27(16-30)7-9-37-10-8-27/h11-14,18-20,33-34H,3-10,15,17H2,1-2H3,(H,31,35)/t18-,19?,20?/m0/s1. The third kappa shape index (κ3) is 7.29. The van der Waals surface area contributed by atoms with Gasteiger partial charge >= 0.3 is 0 Å². The van der Waals surface area contributed by atoms with Gasteiger partial charge in [-0.2, -0.15) is 5.26 Å². The molecule has 200 valence electrons. The van der Waals surface area contributed by atoms with Crippen molar-refractivity contribution in [1.29, 1.82) is 5.26 Å². The largest absolute Gasteiger partial charge is 0.383 e. The lowest BCUT2D eigenvalue weighted by atomic mass is 9.81. The van der Waals surface area contributed by atoms with E-state index in [2.05, 4.69) is 38.9 Å². The Morgan fingerprint density at radius 3 is 2.59 bits per heavy atom. The number of methoxy groups -OCH3 is 1. The second-order valence-electron chi connectivity index (χ2n) is 10.2. The lowest BCUT2D eigenvalue weighted by molar-refractivity contribution is 0.0456. The maximum atomic E-state index is 14.9. The van der Waals surface area contributed by atoms with Gasteiger partial charge in [0.25, 0.3) is 0 Å². The van der Waals surface area contributed by atoms with Gasteiger partial charge in [0.15, 0.2) is 0 Å². The summed E-state index contributed by atoms with van der Waals surface area (Å²) in [5, 5.41) is 20.3. The van der Waals surface area contributed by atoms with E-state index in [4.69, 9.17) is 21.1 Å². The lowest BCUT2D eigenvalue weighted by Gasteiger charge is -2.32. The van der Waals surface area contributed by atoms with E-state index in [1.165, 1.54) is 6.20 Å². The van der Waals surface area contributed by atoms with E-state index >= 15 is 0 Å². The van der Waals surface area contributed by atoms with Crippen LogP contribution < -0.4 is 16.0 Å². The van der Waals surface area contributed by atoms with Crippen molar-refractivity contribution in [2.24, 2.45) is 5.41 Å². The maximum absolute atomic E-state index is 14.9. The number of hydrogen-bond donors (Lipinski definition) is 3. The van der Waals surface area contributed by atoms with E-state index in [0.717, 1.165) is 25.7 Å². The van der Waals surface area contributed by atoms with Crippen LogP contribution in [0.3, 0.4) is 0 Å². The minimum atomic E-state index is -0.493. The topological polar surface area (TPSA) is 104 Å². The number of pyridine rings is 2. The van der Waals surface area contributed by atoms with Gasteiger partial charge in [-0.15, -0.1) is 0 Å². The summed E-state index contributed by atoms with van der Waals surface area (Å²) >= 11 is 6.40. The van der Waals surface area contributed by atoms with Crippen LogP contribution in [0.1, 0.15) is 45.4 Å². The molecule has 8 nitrogen and oxygen atoms in total. The highest BCUT2D eigenvalue weighted by Gasteiger charge is 2.32. The van der Waals surface area contributed by atoms with E-state index in [-0.39, 0.29) is 11.2 Å². The van der Waals surface area contributed by atoms with Crippen molar-refractivity contribution in [3.63, 3.8) is 0 Å². The monoisotopic (exact) mass is 530 g/mol. The number of ether oxygens (including phenoxy) is 2. The fourth-order valence-electron chi connectivity index (χ4n) is 5.13. The molecule has 1 atom stereocenters. The third-order valence-electron chi connectivity index (χ3n) is 7.32. The van der Waals surface area contributed by atoms with Crippen molar-refractivity contribution < 1.29 is 13.9 Å². The van der Waals surface area contributed by atoms with Crippen molar-refractivity contribution >= 4 is 23.1 Å². The van der Waals surface area contributed by atoms with Gasteiger partial charge in [-0.05, 0) is 57.6 Å². The summed E-state index contributed by atoms with van der Waals surface area (Å²) in [6, 6.07) is 6.98. The molecule has 4 rings (SSSR count). The van der Waals surface area contributed by atoms with Gasteiger partial charge in [0, 0.05) is 56.1 Å². The van der Waals surface area contributed by atoms with Crippen molar-refractivity contribution in [2.75, 3.05) is 44.1 Å². The number of halogens is 2. The Bertz CT molecular complexity index is 1080. The average molecular weight is 531 g/mol. The Kier molecular flexibility index (Phi) is 9.54. The summed E-state index contributed by atoms with van der Waals surface area (Å²) in [6.07, 6.45) is 8.28. The van der Waals surface area contributed by atoms with Crippen LogP contribution in [0.5, 0.6) is 0 Å². The minimum absolute atomic E-state index is 0.208. The summed E-state index contributed by atoms with van der Waals surface area (Å²) in [5.41, 5.74) is 1.00. The van der Waals surface area contributed by atoms with Crippen LogP contribution in [0.15, 0.2) is 24.5 Å². The van der Waals surface area contributed by atoms with Crippen molar-refractivity contribution in [3.8, 4) is 17.2 Å². The molecule has 1 saturated heterocycles. The first-order chi connectivity index (χ1) is 17.9. The van der Waals surface area contributed by atoms with Crippen LogP contribution in [-0.4, -0.2) is 61.6 Å². The van der Waals surface area contributed by atoms with Crippen LogP contribution in [0, 0.1) is 22.6 Å². The molecule has 2 aromatic heterocycles. The predicted molar refractivity (Wildman–Crippen MR) is 143 cm³/mol. The molecule has 3 heterocycles. The number of nitrogens with one attached hydrogen (secondary N) is 3. The summed E-state index contributed by atoms with van der Waals surface area (Å²) in [6.45, 7) is 4.44. The first kappa shape index (κ1) is 27.5. The zero-order valence-electron chi connectivity index (χ0n) is 21.5. The molecule has 1 aliphatic carbocycles. The minimum Gasteiger partial charge on any atom is -0.383 e. The van der Waals surface area contributed by atoms with Gasteiger partial charge < -0.3 is 25.4 Å². The molecule has 1 aliphatic heterocycles. The van der Waals surface area contributed by atoms with Crippen LogP contribution in [0.4, 0.5) is 15.9 Å². The highest BCUT2D eigenvalue weighted by atomic mass is 35.5. The van der Waals surface area contributed by atoms with Gasteiger partial charge in [0.1, 0.15) is 16.8 Å². The Morgan fingerprint density at radius 1 is 1.16 bits per heavy atom. The van der Waals surface area contributed by atoms with Gasteiger partial charge in [-0.1, -0.05) is 11.6 Å². The normalized spacial score (nSPS) is 22.1. The lowest BCUT2D eigenvalue weighted by Crippen LogP contribution is -2.42. The van der Waals surface area contributed by atoms with Gasteiger partial charge in [-0.3, -0.25) is 0 Å². The molecule has 0 spiro atoms. The quantitative estimate of drug-likeness (QED) is 0.368. The van der Waals surface area contributed by atoms with Crippen LogP contribution in [0.2, 0.25) is 5.15 Å². The number of nitrogens with zero attached hydrogens (tertiary/aromatic N) is 3. The van der Waals surface area contributed by atoms with Crippen molar-refractivity contribution in [2.45, 2.75) is 63.6 Å². The molecular formula is C27H36ClFN6O2. The molecule has 0 unspecified atom stereocenters. The van der Waals surface area contributed by atoms with Gasteiger partial charge in [0.05, 0.1) is 36.2 Å². The second kappa shape index (κ2) is 12.8. The summed E-state index contributed by atoms with van der Waals surface area (Å²) in [4.78, 5) is 8.55. The van der Waals surface area contributed by atoms with E-state index in [1.807, 2.05) is 0 Å². The van der Waals surface area contributed by atoms with E-state index in [9.17, 15) is 9.65 Å². The summed E-state index contributed by atoms with van der Waals surface area (Å²) in [7, 11) is 1.72. The maximum Gasteiger partial charge on any atom is 0.149 e. The molecule has 0 bridgehead atoms. The van der Waals surface area contributed by atoms with E-state index in [0.29, 0.717) is 73.9 Å². The Balaban J connectivity index is 1.41. The van der Waals surface area contributed by atoms with Crippen LogP contribution in [0.25, 0.3) is 11.1 Å². The Labute approximate surface area is 223 Å². The molecule has 0 amide bonds. The second-order valence-corrected chi connectivity index (χ2v) is 10.5. The van der Waals surface area contributed by atoms with Crippen molar-refractivity contribution in [3.05, 3.63) is 35.5 Å². The molecule has 0 radical (unpaired) electrons. The predicted octanol–water partition coefficient (Wildman–Crippen LogP) is 5.02. The highest BCUT2D eigenvalue weighted by molar-refractivity contribution is 6.32. The number of rotatable bonds is 10. The number of anilines is 2. The summed E-state index contributed by atoms with van der Waals surface area (Å²) in [5.74, 6) is 0.144. The van der Waals surface area contributed by atoms with Crippen LogP contribution in [-0.2, 0) is 9.47 Å². The van der Waals surface area contributed by atoms with E-state index in [1.54, 1.807) is 25.4 Å². The molecule has 37 heavy (non-hydrogen) atoms. The molecule has 2 aliphatic rings. The zero-order chi connectivity index (χ0) is 26.3. The first-order valence-corrected chi connectivity index (χ1v) is 13.3. The molecule has 3 N–H and O–H groups in total. The van der Waals surface area contributed by atoms with E-state index < -0.39 is 11.2 Å². The fourth-order valence-corrected chi connectivity index (χ4v) is 5.34. The molecular weight excluding hydrogens is 495 g/mol. The summed E-state index contributed by atoms with van der Waals surface area (Å²) < 4.78 is 25.5. The van der Waals surface area contributed by atoms with Crippen molar-refractivity contribution in [1.82, 2.24) is 15.3 Å². The number of nitriles is 1. The van der Waals surface area contributed by atoms with Gasteiger partial charge in [-0.25, -0.2) is 14.4 Å². The SMILES string of the molecule is COC[C@H](C)NC1CCC(Nc2cc(-c3cc(NCC4(C#N)CCOCC4)cnc3Cl)c(F)cn2)CC1. The molecule has 1 saturated carbocycles. The molecule has 10 heteroatoms. The Morgan fingerprint density at radius 2 is 1.89 bits per heavy atom. The van der Waals surface area contributed by atoms with Gasteiger partial charge in [0.2, 0.25) is 0 Å². The fraction of sp³-hybridized carbons (Fsp3) is 0.593. The number of aromatic nitrogens is 2. The smallest absolute Gasteiger partial charge is 0.149 e. The number of hydrogen-bond acceptors (Lipinski definition) is 8. The molecule has 2 fully saturated rings. The first-order valence-electron chi connectivity index (χ1n) is 13.0. The highest BCUT2D eigenvalue weighted by Crippen LogP contribution is 2.34. The zero-order valence-corrected chi connectivity index (χ0v) is 22.3. The molecule has 2 aromatic rings.